The van der Waals surface area contributed by atoms with E-state index in [-0.39, 0.29) is 0 Å². The average Bonchev–Trinajstić information content (AvgIpc) is 2.87. The third-order valence-electron chi connectivity index (χ3n) is 3.77. The van der Waals surface area contributed by atoms with Gasteiger partial charge in [0, 0.05) is 25.2 Å². The number of rotatable bonds is 3. The zero-order valence-corrected chi connectivity index (χ0v) is 11.2. The molecule has 1 N–H and O–H groups in total. The molecule has 1 aromatic heterocycles. The first kappa shape index (κ1) is 11.2. The van der Waals surface area contributed by atoms with E-state index in [1.165, 1.54) is 19.3 Å². The van der Waals surface area contributed by atoms with Crippen molar-refractivity contribution < 1.29 is 0 Å². The highest BCUT2D eigenvalue weighted by Crippen LogP contribution is 2.38. The minimum atomic E-state index is 0.592. The smallest absolute Gasteiger partial charge is 0.226 e. The fourth-order valence-electron chi connectivity index (χ4n) is 2.53. The first-order valence-electron chi connectivity index (χ1n) is 6.25. The number of anilines is 1. The summed E-state index contributed by atoms with van der Waals surface area (Å²) < 4.78 is 2.98. The Morgan fingerprint density at radius 3 is 2.71 bits per heavy atom. The second-order valence-electron chi connectivity index (χ2n) is 5.28. The molecule has 1 aromatic rings. The van der Waals surface area contributed by atoms with E-state index in [9.17, 15) is 0 Å². The van der Waals surface area contributed by atoms with Crippen LogP contribution in [-0.4, -0.2) is 52.9 Å². The molecule has 6 heteroatoms. The van der Waals surface area contributed by atoms with Crippen LogP contribution in [0.25, 0.3) is 0 Å². The zero-order chi connectivity index (χ0) is 12.0. The second kappa shape index (κ2) is 4.10. The van der Waals surface area contributed by atoms with Crippen LogP contribution < -0.4 is 4.90 Å². The Bertz CT molecular complexity index is 459. The molecule has 3 rings (SSSR count). The Kier molecular flexibility index (Phi) is 2.71. The van der Waals surface area contributed by atoms with Crippen molar-refractivity contribution in [3.8, 4) is 0 Å². The van der Waals surface area contributed by atoms with Gasteiger partial charge < -0.3 is 9.80 Å². The second-order valence-corrected chi connectivity index (χ2v) is 5.67. The van der Waals surface area contributed by atoms with Crippen molar-refractivity contribution >= 4 is 18.2 Å². The summed E-state index contributed by atoms with van der Waals surface area (Å²) in [6, 6.07) is 1.22. The Hall–Kier alpha value is -0.880. The highest BCUT2D eigenvalue weighted by molar-refractivity contribution is 7.71. The maximum Gasteiger partial charge on any atom is 0.226 e. The normalized spacial score (nSPS) is 24.9. The highest BCUT2D eigenvalue weighted by atomic mass is 32.1. The largest absolute Gasteiger partial charge is 0.339 e. The molecule has 17 heavy (non-hydrogen) atoms. The minimum absolute atomic E-state index is 0.592. The molecule has 0 spiro atoms. The molecule has 0 radical (unpaired) electrons. The molecule has 0 aromatic carbocycles. The Morgan fingerprint density at radius 1 is 1.35 bits per heavy atom. The van der Waals surface area contributed by atoms with Crippen LogP contribution >= 0.6 is 12.2 Å². The van der Waals surface area contributed by atoms with Crippen molar-refractivity contribution in [3.63, 3.8) is 0 Å². The van der Waals surface area contributed by atoms with Crippen LogP contribution in [-0.2, 0) is 0 Å². The topological polar surface area (TPSA) is 40.1 Å². The average molecular weight is 253 g/mol. The van der Waals surface area contributed by atoms with Crippen molar-refractivity contribution in [2.75, 3.05) is 32.1 Å². The number of nitrogens with zero attached hydrogens (tertiary/aromatic N) is 4. The van der Waals surface area contributed by atoms with Crippen LogP contribution in [0.2, 0.25) is 0 Å². The van der Waals surface area contributed by atoms with Crippen LogP contribution in [0.3, 0.4) is 0 Å². The Labute approximate surface area is 106 Å². The molecule has 1 saturated carbocycles. The molecule has 1 aliphatic carbocycles. The molecule has 1 unspecified atom stereocenters. The summed E-state index contributed by atoms with van der Waals surface area (Å²) in [5, 5.41) is 7.35. The van der Waals surface area contributed by atoms with E-state index in [4.69, 9.17) is 12.2 Å². The van der Waals surface area contributed by atoms with Crippen LogP contribution in [0.1, 0.15) is 25.3 Å². The molecule has 0 amide bonds. The summed E-state index contributed by atoms with van der Waals surface area (Å²) in [5.74, 6) is 1.04. The van der Waals surface area contributed by atoms with Crippen LogP contribution in [0.5, 0.6) is 0 Å². The third kappa shape index (κ3) is 1.99. The molecule has 1 atom stereocenters. The van der Waals surface area contributed by atoms with Crippen LogP contribution in [0.15, 0.2) is 0 Å². The Balaban J connectivity index is 1.83. The zero-order valence-electron chi connectivity index (χ0n) is 10.4. The van der Waals surface area contributed by atoms with Gasteiger partial charge in [-0.05, 0) is 45.6 Å². The number of nitrogens with one attached hydrogen (secondary N) is 1. The number of H-pyrrole nitrogens is 1. The number of hydrogen-bond acceptors (Lipinski definition) is 4. The number of aromatic nitrogens is 3. The summed E-state index contributed by atoms with van der Waals surface area (Å²) in [4.78, 5) is 4.65. The van der Waals surface area contributed by atoms with Gasteiger partial charge in [-0.25, -0.2) is 5.10 Å². The van der Waals surface area contributed by atoms with Gasteiger partial charge >= 0.3 is 0 Å². The van der Waals surface area contributed by atoms with E-state index >= 15 is 0 Å². The molecule has 1 aliphatic heterocycles. The van der Waals surface area contributed by atoms with Gasteiger partial charge in [0.25, 0.3) is 0 Å². The monoisotopic (exact) mass is 253 g/mol. The van der Waals surface area contributed by atoms with Crippen LogP contribution in [0.4, 0.5) is 5.95 Å². The van der Waals surface area contributed by atoms with Gasteiger partial charge in [-0.2, -0.15) is 0 Å². The molecule has 2 aliphatic rings. The highest BCUT2D eigenvalue weighted by Gasteiger charge is 2.32. The predicted octanol–water partition coefficient (Wildman–Crippen LogP) is 1.42. The van der Waals surface area contributed by atoms with Gasteiger partial charge in [-0.1, -0.05) is 0 Å². The van der Waals surface area contributed by atoms with E-state index in [1.807, 2.05) is 0 Å². The van der Waals surface area contributed by atoms with E-state index in [0.717, 1.165) is 23.8 Å². The first-order chi connectivity index (χ1) is 8.16. The summed E-state index contributed by atoms with van der Waals surface area (Å²) in [6.45, 7) is 2.13. The molecular weight excluding hydrogens is 234 g/mol. The molecule has 0 bridgehead atoms. The van der Waals surface area contributed by atoms with Gasteiger partial charge in [0.1, 0.15) is 0 Å². The maximum atomic E-state index is 5.31. The van der Waals surface area contributed by atoms with Crippen molar-refractivity contribution in [3.05, 3.63) is 4.77 Å². The standard InChI is InChI=1S/C11H19N5S/c1-14(2)9-5-6-15(7-9)10-12-13-11(17)16(10)8-3-4-8/h8-9H,3-7H2,1-2H3,(H,13,17). The lowest BCUT2D eigenvalue weighted by Crippen LogP contribution is -2.32. The van der Waals surface area contributed by atoms with Gasteiger partial charge in [0.2, 0.25) is 5.95 Å². The lowest BCUT2D eigenvalue weighted by Gasteiger charge is -2.21. The molecule has 5 nitrogen and oxygen atoms in total. The lowest BCUT2D eigenvalue weighted by atomic mass is 10.2. The van der Waals surface area contributed by atoms with Crippen LogP contribution in [0, 0.1) is 4.77 Å². The van der Waals surface area contributed by atoms with E-state index in [2.05, 4.69) is 38.7 Å². The SMILES string of the molecule is CN(C)C1CCN(c2n[nH]c(=S)n2C2CC2)C1. The molecule has 94 valence electrons. The summed E-state index contributed by atoms with van der Waals surface area (Å²) in [7, 11) is 4.29. The van der Waals surface area contributed by atoms with Crippen molar-refractivity contribution in [2.45, 2.75) is 31.3 Å². The fraction of sp³-hybridized carbons (Fsp3) is 0.818. The van der Waals surface area contributed by atoms with Crippen molar-refractivity contribution in [2.24, 2.45) is 0 Å². The van der Waals surface area contributed by atoms with Crippen molar-refractivity contribution in [1.29, 1.82) is 0 Å². The molecular formula is C11H19N5S. The van der Waals surface area contributed by atoms with E-state index in [1.54, 1.807) is 0 Å². The van der Waals surface area contributed by atoms with Gasteiger partial charge in [0.05, 0.1) is 0 Å². The minimum Gasteiger partial charge on any atom is -0.339 e. The predicted molar refractivity (Wildman–Crippen MR) is 70.0 cm³/mol. The molecule has 1 saturated heterocycles. The maximum absolute atomic E-state index is 5.31. The molecule has 2 heterocycles. The van der Waals surface area contributed by atoms with Crippen molar-refractivity contribution in [1.82, 2.24) is 19.7 Å². The van der Waals surface area contributed by atoms with E-state index in [0.29, 0.717) is 12.1 Å². The van der Waals surface area contributed by atoms with Gasteiger partial charge in [0.15, 0.2) is 4.77 Å². The van der Waals surface area contributed by atoms with Gasteiger partial charge in [-0.3, -0.25) is 4.57 Å². The first-order valence-corrected chi connectivity index (χ1v) is 6.66. The summed E-state index contributed by atoms with van der Waals surface area (Å²) in [5.41, 5.74) is 0. The quantitative estimate of drug-likeness (QED) is 0.827. The fourth-order valence-corrected chi connectivity index (χ4v) is 2.80. The number of likely N-dealkylation sites (N-methyl/N-ethyl adjacent to an activating group) is 1. The Morgan fingerprint density at radius 2 is 2.12 bits per heavy atom. The lowest BCUT2D eigenvalue weighted by molar-refractivity contribution is 0.315. The van der Waals surface area contributed by atoms with E-state index < -0.39 is 0 Å². The third-order valence-corrected chi connectivity index (χ3v) is 4.06. The summed E-state index contributed by atoms with van der Waals surface area (Å²) >= 11 is 5.31. The number of aromatic amines is 1. The summed E-state index contributed by atoms with van der Waals surface area (Å²) in [6.07, 6.45) is 3.69. The number of hydrogen-bond donors (Lipinski definition) is 1. The molecule has 2 fully saturated rings. The van der Waals surface area contributed by atoms with Gasteiger partial charge in [-0.15, -0.1) is 5.10 Å².